The van der Waals surface area contributed by atoms with Gasteiger partial charge in [-0.2, -0.15) is 0 Å². The van der Waals surface area contributed by atoms with Crippen molar-refractivity contribution >= 4 is 11.7 Å². The summed E-state index contributed by atoms with van der Waals surface area (Å²) in [5, 5.41) is 3.53. The molecule has 0 fully saturated rings. The van der Waals surface area contributed by atoms with Crippen LogP contribution in [0.25, 0.3) is 0 Å². The average molecular weight is 327 g/mol. The Kier molecular flexibility index (Phi) is 6.24. The number of ether oxygens (including phenoxy) is 2. The Morgan fingerprint density at radius 1 is 1.12 bits per heavy atom. The highest BCUT2D eigenvalue weighted by Gasteiger charge is 2.21. The maximum absolute atomic E-state index is 11.8. The van der Waals surface area contributed by atoms with Crippen molar-refractivity contribution in [3.8, 4) is 5.75 Å². The van der Waals surface area contributed by atoms with Crippen LogP contribution in [-0.4, -0.2) is 20.2 Å². The van der Waals surface area contributed by atoms with Crippen molar-refractivity contribution in [2.45, 2.75) is 26.3 Å². The molecule has 1 N–H and O–H groups in total. The van der Waals surface area contributed by atoms with E-state index in [-0.39, 0.29) is 17.9 Å². The van der Waals surface area contributed by atoms with Gasteiger partial charge in [0.1, 0.15) is 5.75 Å². The molecule has 4 nitrogen and oxygen atoms in total. The third-order valence-electron chi connectivity index (χ3n) is 4.07. The minimum atomic E-state index is -0.195. The summed E-state index contributed by atoms with van der Waals surface area (Å²) in [6, 6.07) is 16.1. The topological polar surface area (TPSA) is 47.6 Å². The Morgan fingerprint density at radius 3 is 2.42 bits per heavy atom. The smallest absolute Gasteiger partial charge is 0.308 e. The Balaban J connectivity index is 2.24. The Hall–Kier alpha value is -2.49. The van der Waals surface area contributed by atoms with Gasteiger partial charge in [-0.1, -0.05) is 31.2 Å². The van der Waals surface area contributed by atoms with Crippen molar-refractivity contribution in [1.82, 2.24) is 0 Å². The number of anilines is 1. The summed E-state index contributed by atoms with van der Waals surface area (Å²) in [5.41, 5.74) is 3.33. The molecule has 0 heterocycles. The van der Waals surface area contributed by atoms with Gasteiger partial charge >= 0.3 is 5.97 Å². The summed E-state index contributed by atoms with van der Waals surface area (Å²) in [5.74, 6) is 0.424. The molecule has 0 amide bonds. The third-order valence-corrected chi connectivity index (χ3v) is 4.07. The number of carbonyl (C=O) groups excluding carboxylic acids is 1. The molecule has 0 spiro atoms. The molecule has 2 aromatic rings. The molecular weight excluding hydrogens is 302 g/mol. The van der Waals surface area contributed by atoms with Gasteiger partial charge in [-0.15, -0.1) is 0 Å². The van der Waals surface area contributed by atoms with Crippen LogP contribution in [0.3, 0.4) is 0 Å². The largest absolute Gasteiger partial charge is 0.497 e. The predicted molar refractivity (Wildman–Crippen MR) is 96.3 cm³/mol. The van der Waals surface area contributed by atoms with E-state index in [1.54, 1.807) is 7.11 Å². The van der Waals surface area contributed by atoms with Gasteiger partial charge in [0, 0.05) is 5.69 Å². The second-order valence-electron chi connectivity index (χ2n) is 6.00. The molecule has 2 rings (SSSR count). The molecule has 0 unspecified atom stereocenters. The van der Waals surface area contributed by atoms with Crippen molar-refractivity contribution in [2.75, 3.05) is 19.5 Å². The summed E-state index contributed by atoms with van der Waals surface area (Å²) >= 11 is 0. The van der Waals surface area contributed by atoms with Crippen LogP contribution >= 0.6 is 0 Å². The first kappa shape index (κ1) is 17.9. The molecule has 0 saturated heterocycles. The van der Waals surface area contributed by atoms with Crippen molar-refractivity contribution in [3.05, 3.63) is 59.7 Å². The summed E-state index contributed by atoms with van der Waals surface area (Å²) in [6.07, 6.45) is 0.646. The molecule has 2 atom stereocenters. The lowest BCUT2D eigenvalue weighted by molar-refractivity contribution is -0.145. The van der Waals surface area contributed by atoms with Crippen LogP contribution in [-0.2, 0) is 9.53 Å². The second kappa shape index (κ2) is 8.39. The maximum Gasteiger partial charge on any atom is 0.308 e. The molecule has 24 heavy (non-hydrogen) atoms. The number of aryl methyl sites for hydroxylation is 1. The van der Waals surface area contributed by atoms with E-state index >= 15 is 0 Å². The number of esters is 1. The first-order valence-electron chi connectivity index (χ1n) is 8.08. The highest BCUT2D eigenvalue weighted by Crippen LogP contribution is 2.28. The predicted octanol–water partition coefficient (Wildman–Crippen LogP) is 4.36. The van der Waals surface area contributed by atoms with Crippen molar-refractivity contribution in [2.24, 2.45) is 5.92 Å². The SMILES string of the molecule is COC(=O)[C@H](C)C[C@H](Nc1cccc(C)c1)c1ccc(OC)cc1. The molecule has 0 aliphatic heterocycles. The molecular formula is C20H25NO3. The molecule has 0 aliphatic carbocycles. The lowest BCUT2D eigenvalue weighted by Crippen LogP contribution is -2.20. The van der Waals surface area contributed by atoms with E-state index < -0.39 is 0 Å². The lowest BCUT2D eigenvalue weighted by atomic mass is 9.95. The van der Waals surface area contributed by atoms with Crippen LogP contribution in [0.2, 0.25) is 0 Å². The standard InChI is InChI=1S/C20H25NO3/c1-14-6-5-7-17(12-14)21-19(13-15(2)20(22)24-4)16-8-10-18(23-3)11-9-16/h5-12,15,19,21H,13H2,1-4H3/t15-,19+/m1/s1. The number of carbonyl (C=O) groups is 1. The fourth-order valence-corrected chi connectivity index (χ4v) is 2.70. The minimum Gasteiger partial charge on any atom is -0.497 e. The first-order chi connectivity index (χ1) is 11.5. The van der Waals surface area contributed by atoms with Crippen LogP contribution in [0.15, 0.2) is 48.5 Å². The highest BCUT2D eigenvalue weighted by molar-refractivity contribution is 5.72. The van der Waals surface area contributed by atoms with Gasteiger partial charge in [0.15, 0.2) is 0 Å². The fraction of sp³-hybridized carbons (Fsp3) is 0.350. The Morgan fingerprint density at radius 2 is 1.83 bits per heavy atom. The van der Waals surface area contributed by atoms with Gasteiger partial charge in [0.2, 0.25) is 0 Å². The Bertz CT molecular complexity index is 667. The summed E-state index contributed by atoms with van der Waals surface area (Å²) in [4.78, 5) is 11.8. The van der Waals surface area contributed by atoms with Crippen molar-refractivity contribution in [1.29, 1.82) is 0 Å². The van der Waals surface area contributed by atoms with E-state index in [1.807, 2.05) is 43.3 Å². The molecule has 0 bridgehead atoms. The lowest BCUT2D eigenvalue weighted by Gasteiger charge is -2.23. The van der Waals surface area contributed by atoms with Crippen LogP contribution in [0.1, 0.15) is 30.5 Å². The Labute approximate surface area is 143 Å². The number of hydrogen-bond donors (Lipinski definition) is 1. The summed E-state index contributed by atoms with van der Waals surface area (Å²) in [7, 11) is 3.08. The van der Waals surface area contributed by atoms with E-state index in [0.717, 1.165) is 17.0 Å². The van der Waals surface area contributed by atoms with E-state index in [4.69, 9.17) is 9.47 Å². The van der Waals surface area contributed by atoms with Gasteiger partial charge in [-0.05, 0) is 48.7 Å². The zero-order valence-electron chi connectivity index (χ0n) is 14.7. The monoisotopic (exact) mass is 327 g/mol. The maximum atomic E-state index is 11.8. The van der Waals surface area contributed by atoms with Gasteiger partial charge in [0.05, 0.1) is 26.2 Å². The number of nitrogens with one attached hydrogen (secondary N) is 1. The van der Waals surface area contributed by atoms with Crippen LogP contribution in [0.4, 0.5) is 5.69 Å². The quantitative estimate of drug-likeness (QED) is 0.768. The van der Waals surface area contributed by atoms with Crippen LogP contribution in [0, 0.1) is 12.8 Å². The van der Waals surface area contributed by atoms with Gasteiger partial charge in [-0.25, -0.2) is 0 Å². The van der Waals surface area contributed by atoms with Crippen LogP contribution < -0.4 is 10.1 Å². The molecule has 2 aromatic carbocycles. The zero-order valence-corrected chi connectivity index (χ0v) is 14.7. The third kappa shape index (κ3) is 4.75. The number of benzene rings is 2. The van der Waals surface area contributed by atoms with Gasteiger partial charge in [0.25, 0.3) is 0 Å². The summed E-state index contributed by atoms with van der Waals surface area (Å²) in [6.45, 7) is 3.95. The van der Waals surface area contributed by atoms with Crippen molar-refractivity contribution < 1.29 is 14.3 Å². The number of rotatable bonds is 7. The molecule has 0 aliphatic rings. The van der Waals surface area contributed by atoms with E-state index in [1.165, 1.54) is 12.7 Å². The van der Waals surface area contributed by atoms with Crippen molar-refractivity contribution in [3.63, 3.8) is 0 Å². The molecule has 0 aromatic heterocycles. The van der Waals surface area contributed by atoms with Crippen LogP contribution in [0.5, 0.6) is 5.75 Å². The van der Waals surface area contributed by atoms with Gasteiger partial charge in [-0.3, -0.25) is 4.79 Å². The zero-order chi connectivity index (χ0) is 17.5. The molecule has 128 valence electrons. The van der Waals surface area contributed by atoms with E-state index in [2.05, 4.69) is 24.4 Å². The second-order valence-corrected chi connectivity index (χ2v) is 6.00. The molecule has 4 heteroatoms. The molecule has 0 radical (unpaired) electrons. The highest BCUT2D eigenvalue weighted by atomic mass is 16.5. The van der Waals surface area contributed by atoms with E-state index in [9.17, 15) is 4.79 Å². The number of hydrogen-bond acceptors (Lipinski definition) is 4. The normalized spacial score (nSPS) is 13.0. The minimum absolute atomic E-state index is 0.00630. The summed E-state index contributed by atoms with van der Waals surface area (Å²) < 4.78 is 10.1. The van der Waals surface area contributed by atoms with Gasteiger partial charge < -0.3 is 14.8 Å². The first-order valence-corrected chi connectivity index (χ1v) is 8.08. The van der Waals surface area contributed by atoms with E-state index in [0.29, 0.717) is 6.42 Å². The molecule has 0 saturated carbocycles. The number of methoxy groups -OCH3 is 2. The average Bonchev–Trinajstić information content (AvgIpc) is 2.60. The fourth-order valence-electron chi connectivity index (χ4n) is 2.70.